The van der Waals surface area contributed by atoms with Gasteiger partial charge in [-0.2, -0.15) is 0 Å². The van der Waals surface area contributed by atoms with E-state index in [0.717, 1.165) is 30.9 Å². The van der Waals surface area contributed by atoms with Gasteiger partial charge in [0.05, 0.1) is 6.04 Å². The van der Waals surface area contributed by atoms with Crippen molar-refractivity contribution in [3.63, 3.8) is 0 Å². The van der Waals surface area contributed by atoms with Crippen LogP contribution in [0.4, 0.5) is 5.69 Å². The third-order valence-electron chi connectivity index (χ3n) is 4.08. The normalized spacial score (nSPS) is 17.2. The minimum Gasteiger partial charge on any atom is -0.383 e. The second-order valence-electron chi connectivity index (χ2n) is 5.68. The summed E-state index contributed by atoms with van der Waals surface area (Å²) >= 11 is 0. The molecule has 5 nitrogen and oxygen atoms in total. The van der Waals surface area contributed by atoms with Crippen LogP contribution in [0, 0.1) is 6.92 Å². The molecular formula is C16H26N4O. The first-order valence-electron chi connectivity index (χ1n) is 7.84. The van der Waals surface area contributed by atoms with Crippen LogP contribution >= 0.6 is 0 Å². The third kappa shape index (κ3) is 4.70. The Hall–Kier alpha value is -1.62. The molecule has 2 N–H and O–H groups in total. The first-order valence-corrected chi connectivity index (χ1v) is 7.84. The van der Waals surface area contributed by atoms with Gasteiger partial charge in [-0.1, -0.05) is 6.42 Å². The number of pyridine rings is 1. The van der Waals surface area contributed by atoms with Crippen molar-refractivity contribution in [3.8, 4) is 0 Å². The van der Waals surface area contributed by atoms with Crippen LogP contribution in [0.3, 0.4) is 0 Å². The molecule has 21 heavy (non-hydrogen) atoms. The zero-order valence-corrected chi connectivity index (χ0v) is 13.1. The van der Waals surface area contributed by atoms with Crippen molar-refractivity contribution in [3.05, 3.63) is 24.0 Å². The standard InChI is InChI=1S/C16H26N4O/c1-13-12-17-7-6-15(13)18-8-9-19-16(21)14(2)20-10-4-3-5-11-20/h6-7,12,14H,3-5,8-11H2,1-2H3,(H,17,18)(H,19,21). The third-order valence-corrected chi connectivity index (χ3v) is 4.08. The summed E-state index contributed by atoms with van der Waals surface area (Å²) in [5, 5.41) is 6.33. The number of carbonyl (C=O) groups is 1. The van der Waals surface area contributed by atoms with Gasteiger partial charge >= 0.3 is 0 Å². The average molecular weight is 290 g/mol. The zero-order chi connectivity index (χ0) is 15.1. The molecule has 1 atom stereocenters. The molecule has 0 radical (unpaired) electrons. The number of likely N-dealkylation sites (tertiary alicyclic amines) is 1. The maximum atomic E-state index is 12.1. The topological polar surface area (TPSA) is 57.3 Å². The lowest BCUT2D eigenvalue weighted by molar-refractivity contribution is -0.126. The van der Waals surface area contributed by atoms with Gasteiger partial charge in [-0.25, -0.2) is 0 Å². The van der Waals surface area contributed by atoms with E-state index in [1.165, 1.54) is 19.3 Å². The van der Waals surface area contributed by atoms with E-state index < -0.39 is 0 Å². The molecule has 1 aliphatic heterocycles. The van der Waals surface area contributed by atoms with Gasteiger partial charge in [0.1, 0.15) is 0 Å². The zero-order valence-electron chi connectivity index (χ0n) is 13.1. The highest BCUT2D eigenvalue weighted by molar-refractivity contribution is 5.81. The van der Waals surface area contributed by atoms with Crippen molar-refractivity contribution in [1.82, 2.24) is 15.2 Å². The number of nitrogens with one attached hydrogen (secondary N) is 2. The summed E-state index contributed by atoms with van der Waals surface area (Å²) in [5.41, 5.74) is 2.19. The number of piperidine rings is 1. The van der Waals surface area contributed by atoms with E-state index in [0.29, 0.717) is 6.54 Å². The lowest BCUT2D eigenvalue weighted by Gasteiger charge is -2.31. The number of aryl methyl sites for hydroxylation is 1. The van der Waals surface area contributed by atoms with Crippen molar-refractivity contribution in [1.29, 1.82) is 0 Å². The Morgan fingerprint density at radius 3 is 2.81 bits per heavy atom. The van der Waals surface area contributed by atoms with Crippen LogP contribution in [0.15, 0.2) is 18.5 Å². The highest BCUT2D eigenvalue weighted by Gasteiger charge is 2.22. The molecule has 2 rings (SSSR count). The Kier molecular flexibility index (Phi) is 5.99. The molecule has 1 saturated heterocycles. The van der Waals surface area contributed by atoms with Crippen molar-refractivity contribution < 1.29 is 4.79 Å². The van der Waals surface area contributed by atoms with Gasteiger partial charge in [0, 0.05) is 31.2 Å². The summed E-state index contributed by atoms with van der Waals surface area (Å²) < 4.78 is 0. The number of carbonyl (C=O) groups excluding carboxylic acids is 1. The molecule has 0 bridgehead atoms. The summed E-state index contributed by atoms with van der Waals surface area (Å²) in [6, 6.07) is 1.93. The molecule has 116 valence electrons. The first kappa shape index (κ1) is 15.8. The van der Waals surface area contributed by atoms with Crippen molar-refractivity contribution in [2.45, 2.75) is 39.2 Å². The van der Waals surface area contributed by atoms with Crippen LogP contribution in [-0.4, -0.2) is 48.0 Å². The molecule has 5 heteroatoms. The average Bonchev–Trinajstić information content (AvgIpc) is 2.53. The van der Waals surface area contributed by atoms with Gasteiger partial charge in [0.25, 0.3) is 0 Å². The van der Waals surface area contributed by atoms with Gasteiger partial charge < -0.3 is 10.6 Å². The molecule has 2 heterocycles. The SMILES string of the molecule is Cc1cnccc1NCCNC(=O)C(C)N1CCCCC1. The first-order chi connectivity index (χ1) is 10.2. The Morgan fingerprint density at radius 1 is 1.33 bits per heavy atom. The molecule has 0 saturated carbocycles. The van der Waals surface area contributed by atoms with Gasteiger partial charge in [-0.05, 0) is 51.4 Å². The fourth-order valence-corrected chi connectivity index (χ4v) is 2.67. The van der Waals surface area contributed by atoms with E-state index in [4.69, 9.17) is 0 Å². The predicted molar refractivity (Wildman–Crippen MR) is 85.4 cm³/mol. The quantitative estimate of drug-likeness (QED) is 0.784. The molecule has 1 aliphatic rings. The van der Waals surface area contributed by atoms with Crippen LogP contribution in [-0.2, 0) is 4.79 Å². The van der Waals surface area contributed by atoms with Crippen LogP contribution in [0.1, 0.15) is 31.7 Å². The monoisotopic (exact) mass is 290 g/mol. The largest absolute Gasteiger partial charge is 0.383 e. The number of aromatic nitrogens is 1. The van der Waals surface area contributed by atoms with Gasteiger partial charge in [-0.3, -0.25) is 14.7 Å². The lowest BCUT2D eigenvalue weighted by Crippen LogP contribution is -2.47. The molecule has 1 aromatic rings. The Morgan fingerprint density at radius 2 is 2.10 bits per heavy atom. The van der Waals surface area contributed by atoms with E-state index in [1.54, 1.807) is 6.20 Å². The second-order valence-corrected chi connectivity index (χ2v) is 5.68. The number of amides is 1. The molecule has 0 spiro atoms. The summed E-state index contributed by atoms with van der Waals surface area (Å²) in [7, 11) is 0. The Labute approximate surface area is 127 Å². The maximum absolute atomic E-state index is 12.1. The fourth-order valence-electron chi connectivity index (χ4n) is 2.67. The lowest BCUT2D eigenvalue weighted by atomic mass is 10.1. The van der Waals surface area contributed by atoms with E-state index in [-0.39, 0.29) is 11.9 Å². The van der Waals surface area contributed by atoms with E-state index in [1.807, 2.05) is 26.1 Å². The molecule has 0 aromatic carbocycles. The number of hydrogen-bond donors (Lipinski definition) is 2. The van der Waals surface area contributed by atoms with Crippen LogP contribution < -0.4 is 10.6 Å². The van der Waals surface area contributed by atoms with Gasteiger partial charge in [0.2, 0.25) is 5.91 Å². The van der Waals surface area contributed by atoms with Crippen LogP contribution in [0.5, 0.6) is 0 Å². The van der Waals surface area contributed by atoms with Crippen LogP contribution in [0.25, 0.3) is 0 Å². The smallest absolute Gasteiger partial charge is 0.237 e. The highest BCUT2D eigenvalue weighted by Crippen LogP contribution is 2.12. The van der Waals surface area contributed by atoms with Gasteiger partial charge in [-0.15, -0.1) is 0 Å². The fraction of sp³-hybridized carbons (Fsp3) is 0.625. The van der Waals surface area contributed by atoms with Crippen LogP contribution in [0.2, 0.25) is 0 Å². The molecule has 1 unspecified atom stereocenters. The number of rotatable bonds is 6. The number of hydrogen-bond acceptors (Lipinski definition) is 4. The summed E-state index contributed by atoms with van der Waals surface area (Å²) in [6.07, 6.45) is 7.31. The highest BCUT2D eigenvalue weighted by atomic mass is 16.2. The minimum atomic E-state index is -0.0204. The van der Waals surface area contributed by atoms with Crippen molar-refractivity contribution >= 4 is 11.6 Å². The minimum absolute atomic E-state index is 0.0204. The predicted octanol–water partition coefficient (Wildman–Crippen LogP) is 1.79. The molecule has 1 aromatic heterocycles. The molecule has 1 amide bonds. The molecular weight excluding hydrogens is 264 g/mol. The molecule has 1 fully saturated rings. The molecule has 0 aliphatic carbocycles. The van der Waals surface area contributed by atoms with E-state index in [2.05, 4.69) is 20.5 Å². The number of nitrogens with zero attached hydrogens (tertiary/aromatic N) is 2. The van der Waals surface area contributed by atoms with E-state index in [9.17, 15) is 4.79 Å². The summed E-state index contributed by atoms with van der Waals surface area (Å²) in [6.45, 7) is 7.47. The Balaban J connectivity index is 1.68. The van der Waals surface area contributed by atoms with E-state index >= 15 is 0 Å². The maximum Gasteiger partial charge on any atom is 0.237 e. The summed E-state index contributed by atoms with van der Waals surface area (Å²) in [4.78, 5) is 18.5. The second kappa shape index (κ2) is 7.98. The van der Waals surface area contributed by atoms with Crippen molar-refractivity contribution in [2.24, 2.45) is 0 Å². The number of anilines is 1. The Bertz CT molecular complexity index is 457. The summed E-state index contributed by atoms with van der Waals surface area (Å²) in [5.74, 6) is 0.130. The van der Waals surface area contributed by atoms with Crippen molar-refractivity contribution in [2.75, 3.05) is 31.5 Å². The van der Waals surface area contributed by atoms with Gasteiger partial charge in [0.15, 0.2) is 0 Å².